The predicted octanol–water partition coefficient (Wildman–Crippen LogP) is 5.22. The smallest absolute Gasteiger partial charge is 0.369 e. The summed E-state index contributed by atoms with van der Waals surface area (Å²) in [6.45, 7) is 0.130. The van der Waals surface area contributed by atoms with E-state index in [0.717, 1.165) is 21.3 Å². The van der Waals surface area contributed by atoms with Crippen molar-refractivity contribution in [1.29, 1.82) is 0 Å². The third-order valence-electron chi connectivity index (χ3n) is 8.94. The Bertz CT molecular complexity index is 2470. The SMILES string of the molecule is BrB(Br)Br.COc1ccc2c(c1Cc1ccccc1)c(=O)n(CCCO)c(=O)n2C.Cn1c(=O)n(CCCO)c(=O)c2c(Cc3ccccc3)c(O)ccc21. The molecule has 55 heavy (non-hydrogen) atoms. The summed E-state index contributed by atoms with van der Waals surface area (Å²) >= 11 is 9.31. The van der Waals surface area contributed by atoms with Gasteiger partial charge in [0.1, 0.15) is 11.5 Å². The number of aromatic hydroxyl groups is 1. The van der Waals surface area contributed by atoms with Crippen LogP contribution >= 0.6 is 47.3 Å². The van der Waals surface area contributed by atoms with E-state index in [1.807, 2.05) is 60.7 Å². The van der Waals surface area contributed by atoms with Gasteiger partial charge in [-0.2, -0.15) is 0 Å². The molecule has 290 valence electrons. The molecule has 0 aliphatic rings. The minimum absolute atomic E-state index is 0.0285. The van der Waals surface area contributed by atoms with Crippen LogP contribution in [0.3, 0.4) is 0 Å². The molecule has 16 heteroatoms. The lowest BCUT2D eigenvalue weighted by atomic mass is 10.00. The van der Waals surface area contributed by atoms with Crippen molar-refractivity contribution in [3.8, 4) is 11.5 Å². The molecule has 6 aromatic rings. The maximum absolute atomic E-state index is 13.1. The number of aryl methyl sites for hydroxylation is 2. The van der Waals surface area contributed by atoms with Gasteiger partial charge in [0.15, 0.2) is 0 Å². The molecule has 2 aromatic heterocycles. The highest BCUT2D eigenvalue weighted by Crippen LogP contribution is 2.28. The molecule has 0 spiro atoms. The van der Waals surface area contributed by atoms with Crippen LogP contribution < -0.4 is 27.2 Å². The molecule has 0 saturated heterocycles. The van der Waals surface area contributed by atoms with Crippen LogP contribution in [0, 0.1) is 0 Å². The number of ether oxygens (including phenoxy) is 1. The van der Waals surface area contributed by atoms with Gasteiger partial charge in [0, 0.05) is 64.4 Å². The van der Waals surface area contributed by atoms with Gasteiger partial charge in [0.05, 0.1) is 28.9 Å². The fourth-order valence-corrected chi connectivity index (χ4v) is 6.29. The lowest BCUT2D eigenvalue weighted by Crippen LogP contribution is -2.39. The van der Waals surface area contributed by atoms with Crippen LogP contribution in [0.5, 0.6) is 11.5 Å². The number of rotatable bonds is 11. The molecule has 0 aliphatic carbocycles. The predicted molar refractivity (Wildman–Crippen MR) is 230 cm³/mol. The third-order valence-corrected chi connectivity index (χ3v) is 8.94. The van der Waals surface area contributed by atoms with Crippen LogP contribution in [0.15, 0.2) is 104 Å². The minimum Gasteiger partial charge on any atom is -0.508 e. The average Bonchev–Trinajstić information content (AvgIpc) is 3.17. The summed E-state index contributed by atoms with van der Waals surface area (Å²) < 4.78 is 11.0. The largest absolute Gasteiger partial charge is 0.508 e. The Balaban J connectivity index is 0.000000223. The monoisotopic (exact) mass is 942 g/mol. The fourth-order valence-electron chi connectivity index (χ4n) is 6.29. The van der Waals surface area contributed by atoms with Crippen LogP contribution in [0.4, 0.5) is 0 Å². The Labute approximate surface area is 342 Å². The summed E-state index contributed by atoms with van der Waals surface area (Å²) in [6.07, 6.45) is 1.57. The first-order chi connectivity index (χ1) is 26.4. The molecule has 0 radical (unpaired) electrons. The summed E-state index contributed by atoms with van der Waals surface area (Å²) in [7, 11) is 4.82. The first-order valence-corrected chi connectivity index (χ1v) is 20.1. The Morgan fingerprint density at radius 1 is 0.618 bits per heavy atom. The second-order valence-electron chi connectivity index (χ2n) is 12.4. The van der Waals surface area contributed by atoms with Crippen molar-refractivity contribution in [3.63, 3.8) is 0 Å². The van der Waals surface area contributed by atoms with Gasteiger partial charge in [0.25, 0.3) is 11.1 Å². The molecule has 0 aliphatic heterocycles. The van der Waals surface area contributed by atoms with Gasteiger partial charge in [0.2, 0.25) is 0 Å². The lowest BCUT2D eigenvalue weighted by Gasteiger charge is -2.16. The average molecular weight is 945 g/mol. The first kappa shape index (κ1) is 43.5. The van der Waals surface area contributed by atoms with Crippen molar-refractivity contribution in [3.05, 3.63) is 149 Å². The zero-order valence-corrected chi connectivity index (χ0v) is 35.4. The molecule has 2 heterocycles. The maximum atomic E-state index is 13.1. The number of phenolic OH excluding ortho intramolecular Hbond substituents is 1. The topological polar surface area (TPSA) is 158 Å². The number of hydrogen-bond acceptors (Lipinski definition) is 8. The molecule has 3 N–H and O–H groups in total. The molecule has 0 bridgehead atoms. The van der Waals surface area contributed by atoms with Gasteiger partial charge in [-0.1, -0.05) is 60.7 Å². The fraction of sp³-hybridized carbons (Fsp3) is 0.282. The van der Waals surface area contributed by atoms with E-state index in [9.17, 15) is 24.3 Å². The molecule has 4 aromatic carbocycles. The Morgan fingerprint density at radius 3 is 1.44 bits per heavy atom. The summed E-state index contributed by atoms with van der Waals surface area (Å²) in [5.41, 5.74) is 2.74. The molecule has 0 fully saturated rings. The maximum Gasteiger partial charge on any atom is 0.369 e. The van der Waals surface area contributed by atoms with Crippen LogP contribution in [0.25, 0.3) is 21.8 Å². The summed E-state index contributed by atoms with van der Waals surface area (Å²) in [6, 6.07) is 26.0. The van der Waals surface area contributed by atoms with E-state index in [1.54, 1.807) is 39.4 Å². The van der Waals surface area contributed by atoms with Crippen molar-refractivity contribution in [2.75, 3.05) is 20.3 Å². The highest BCUT2D eigenvalue weighted by atomic mass is 79.9. The van der Waals surface area contributed by atoms with Crippen LogP contribution in [0.2, 0.25) is 0 Å². The molecule has 0 atom stereocenters. The van der Waals surface area contributed by atoms with Gasteiger partial charge in [-0.05, 0) is 48.2 Å². The zero-order chi connectivity index (χ0) is 40.2. The van der Waals surface area contributed by atoms with E-state index in [2.05, 4.69) is 47.3 Å². The van der Waals surface area contributed by atoms with E-state index in [1.165, 1.54) is 19.8 Å². The first-order valence-electron chi connectivity index (χ1n) is 17.3. The highest BCUT2D eigenvalue weighted by Gasteiger charge is 2.19. The van der Waals surface area contributed by atoms with E-state index >= 15 is 0 Å². The van der Waals surface area contributed by atoms with Crippen molar-refractivity contribution < 1.29 is 20.1 Å². The second-order valence-corrected chi connectivity index (χ2v) is 18.9. The van der Waals surface area contributed by atoms with E-state index in [4.69, 9.17) is 14.9 Å². The Morgan fingerprint density at radius 2 is 1.02 bits per heavy atom. The van der Waals surface area contributed by atoms with Gasteiger partial charge < -0.3 is 20.1 Å². The van der Waals surface area contributed by atoms with Crippen LogP contribution in [0.1, 0.15) is 35.1 Å². The number of phenols is 1. The normalized spacial score (nSPS) is 10.8. The number of aromatic nitrogens is 4. The van der Waals surface area contributed by atoms with Crippen molar-refractivity contribution in [1.82, 2.24) is 18.3 Å². The van der Waals surface area contributed by atoms with Crippen molar-refractivity contribution in [2.24, 2.45) is 14.1 Å². The summed E-state index contributed by atoms with van der Waals surface area (Å²) in [5, 5.41) is 29.3. The quantitative estimate of drug-likeness (QED) is 0.150. The molecular weight excluding hydrogens is 903 g/mol. The second kappa shape index (κ2) is 20.6. The molecular formula is C39H42BBr3N4O8. The molecule has 0 unspecified atom stereocenters. The highest BCUT2D eigenvalue weighted by molar-refractivity contribution is 9.69. The summed E-state index contributed by atoms with van der Waals surface area (Å²) in [4.78, 5) is 51.0. The lowest BCUT2D eigenvalue weighted by molar-refractivity contribution is 0.277. The number of hydrogen-bond donors (Lipinski definition) is 3. The van der Waals surface area contributed by atoms with Crippen molar-refractivity contribution >= 4 is 72.3 Å². The number of benzene rings is 4. The van der Waals surface area contributed by atoms with E-state index < -0.39 is 11.2 Å². The zero-order valence-electron chi connectivity index (χ0n) is 30.6. The minimum atomic E-state index is -0.437. The Hall–Kier alpha value is -4.22. The third kappa shape index (κ3) is 10.6. The Kier molecular flexibility index (Phi) is 16.3. The van der Waals surface area contributed by atoms with Gasteiger partial charge in [-0.15, -0.1) is 47.3 Å². The molecule has 0 amide bonds. The number of nitrogens with zero attached hydrogens (tertiary/aromatic N) is 4. The van der Waals surface area contributed by atoms with E-state index in [0.29, 0.717) is 58.8 Å². The standard InChI is InChI=1S/C20H22N2O4.C19H20N2O4.BBr3/c1-21-16-9-10-17(26-2)15(13-14-7-4-3-5-8-14)18(16)19(24)22(20(21)25)11-6-12-23;1-20-15-8-9-16(23)14(12-13-6-3-2-4-7-13)17(15)18(24)21(19(20)25)10-5-11-22;2-1(3)4/h3-5,7-10,23H,6,11-13H2,1-2H3;2-4,6-9,22-23H,5,10-12H2,1H3;. The number of fused-ring (bicyclic) bond motifs is 2. The van der Waals surface area contributed by atoms with Crippen molar-refractivity contribution in [2.45, 2.75) is 38.8 Å². The molecule has 6 rings (SSSR count). The van der Waals surface area contributed by atoms with Gasteiger partial charge in [-0.3, -0.25) is 27.9 Å². The molecule has 0 saturated carbocycles. The number of halogens is 3. The number of aliphatic hydroxyl groups is 2. The van der Waals surface area contributed by atoms with Gasteiger partial charge >= 0.3 is 14.6 Å². The van der Waals surface area contributed by atoms with E-state index in [-0.39, 0.29) is 46.5 Å². The summed E-state index contributed by atoms with van der Waals surface area (Å²) in [5.74, 6) is 0.645. The van der Waals surface area contributed by atoms with Gasteiger partial charge in [-0.25, -0.2) is 9.59 Å². The molecule has 12 nitrogen and oxygen atoms in total. The van der Waals surface area contributed by atoms with Crippen LogP contribution in [-0.4, -0.2) is 57.1 Å². The number of aliphatic hydroxyl groups excluding tert-OH is 2. The van der Waals surface area contributed by atoms with Crippen LogP contribution in [-0.2, 0) is 40.0 Å². The number of methoxy groups -OCH3 is 1.